The first-order valence-electron chi connectivity index (χ1n) is 8.66. The molecule has 3 rings (SSSR count). The average Bonchev–Trinajstić information content (AvgIpc) is 3.30. The van der Waals surface area contributed by atoms with Crippen molar-refractivity contribution in [2.75, 3.05) is 19.8 Å². The first-order chi connectivity index (χ1) is 10.3. The van der Waals surface area contributed by atoms with Crippen LogP contribution in [0.4, 0.5) is 0 Å². The Kier molecular flexibility index (Phi) is 5.32. The fourth-order valence-corrected chi connectivity index (χ4v) is 3.49. The van der Waals surface area contributed by atoms with Gasteiger partial charge in [0.05, 0.1) is 0 Å². The van der Waals surface area contributed by atoms with Gasteiger partial charge in [0.25, 0.3) is 0 Å². The lowest BCUT2D eigenvalue weighted by molar-refractivity contribution is 0.0584. The third kappa shape index (κ3) is 5.12. The van der Waals surface area contributed by atoms with Crippen LogP contribution in [0.15, 0.2) is 24.3 Å². The van der Waals surface area contributed by atoms with Crippen LogP contribution in [0.1, 0.15) is 43.2 Å². The molecule has 1 aromatic rings. The summed E-state index contributed by atoms with van der Waals surface area (Å²) in [5, 5.41) is 3.75. The monoisotopic (exact) mass is 287 g/mol. The van der Waals surface area contributed by atoms with E-state index in [-0.39, 0.29) is 0 Å². The molecule has 1 aliphatic heterocycles. The van der Waals surface area contributed by atoms with Gasteiger partial charge in [0.2, 0.25) is 0 Å². The zero-order valence-corrected chi connectivity index (χ0v) is 13.3. The van der Waals surface area contributed by atoms with E-state index in [1.54, 1.807) is 0 Å². The van der Waals surface area contributed by atoms with Gasteiger partial charge in [-0.1, -0.05) is 29.8 Å². The molecule has 1 aliphatic carbocycles. The van der Waals surface area contributed by atoms with E-state index in [2.05, 4.69) is 36.5 Å². The molecule has 116 valence electrons. The second kappa shape index (κ2) is 7.42. The molecule has 1 N–H and O–H groups in total. The number of nitrogens with one attached hydrogen (secondary N) is 1. The lowest BCUT2D eigenvalue weighted by Crippen LogP contribution is -2.29. The van der Waals surface area contributed by atoms with Crippen LogP contribution < -0.4 is 5.32 Å². The van der Waals surface area contributed by atoms with E-state index >= 15 is 0 Å². The highest BCUT2D eigenvalue weighted by Crippen LogP contribution is 2.26. The molecule has 2 heteroatoms. The van der Waals surface area contributed by atoms with Crippen molar-refractivity contribution in [2.24, 2.45) is 11.8 Å². The van der Waals surface area contributed by atoms with Crippen molar-refractivity contribution in [1.29, 1.82) is 0 Å². The molecule has 21 heavy (non-hydrogen) atoms. The molecule has 2 aliphatic rings. The Bertz CT molecular complexity index is 435. The van der Waals surface area contributed by atoms with E-state index in [4.69, 9.17) is 4.74 Å². The van der Waals surface area contributed by atoms with E-state index in [9.17, 15) is 0 Å². The Morgan fingerprint density at radius 2 is 2.00 bits per heavy atom. The van der Waals surface area contributed by atoms with Crippen LogP contribution in [0.2, 0.25) is 0 Å². The summed E-state index contributed by atoms with van der Waals surface area (Å²) in [4.78, 5) is 0. The van der Waals surface area contributed by atoms with Crippen LogP contribution >= 0.6 is 0 Å². The summed E-state index contributed by atoms with van der Waals surface area (Å²) in [6.07, 6.45) is 7.86. The van der Waals surface area contributed by atoms with Gasteiger partial charge in [0.15, 0.2) is 0 Å². The molecule has 2 nitrogen and oxygen atoms in total. The van der Waals surface area contributed by atoms with Gasteiger partial charge in [-0.05, 0) is 69.4 Å². The number of hydrogen-bond acceptors (Lipinski definition) is 2. The minimum Gasteiger partial charge on any atom is -0.381 e. The zero-order chi connectivity index (χ0) is 14.5. The van der Waals surface area contributed by atoms with E-state index in [1.807, 2.05) is 0 Å². The molecule has 0 aromatic heterocycles. The van der Waals surface area contributed by atoms with Crippen LogP contribution in [0, 0.1) is 18.8 Å². The molecule has 1 atom stereocenters. The summed E-state index contributed by atoms with van der Waals surface area (Å²) in [7, 11) is 0. The molecular formula is C19H29NO. The molecule has 1 saturated carbocycles. The molecule has 2 fully saturated rings. The van der Waals surface area contributed by atoms with Gasteiger partial charge in [-0.3, -0.25) is 0 Å². The minimum absolute atomic E-state index is 0.774. The molecule has 1 heterocycles. The van der Waals surface area contributed by atoms with Gasteiger partial charge >= 0.3 is 0 Å². The Morgan fingerprint density at radius 3 is 2.71 bits per heavy atom. The Labute approximate surface area is 129 Å². The third-order valence-corrected chi connectivity index (χ3v) is 4.89. The van der Waals surface area contributed by atoms with Crippen molar-refractivity contribution in [3.63, 3.8) is 0 Å². The van der Waals surface area contributed by atoms with Gasteiger partial charge < -0.3 is 10.1 Å². The number of aryl methyl sites for hydroxylation is 1. The number of hydrogen-bond donors (Lipinski definition) is 1. The van der Waals surface area contributed by atoms with E-state index in [0.717, 1.165) is 31.1 Å². The van der Waals surface area contributed by atoms with E-state index < -0.39 is 0 Å². The van der Waals surface area contributed by atoms with Crippen molar-refractivity contribution in [1.82, 2.24) is 5.32 Å². The smallest absolute Gasteiger partial charge is 0.0468 e. The predicted octanol–water partition coefficient (Wildman–Crippen LogP) is 3.72. The van der Waals surface area contributed by atoms with Gasteiger partial charge in [-0.2, -0.15) is 0 Å². The largest absolute Gasteiger partial charge is 0.381 e. The maximum atomic E-state index is 5.51. The summed E-state index contributed by atoms with van der Waals surface area (Å²) < 4.78 is 5.51. The molecule has 0 amide bonds. The SMILES string of the molecule is Cc1cccc(CC(CNC2CC2)CC2CCOCC2)c1. The van der Waals surface area contributed by atoms with Crippen LogP contribution in [0.5, 0.6) is 0 Å². The lowest BCUT2D eigenvalue weighted by Gasteiger charge is -2.27. The van der Waals surface area contributed by atoms with Gasteiger partial charge in [-0.25, -0.2) is 0 Å². The van der Waals surface area contributed by atoms with Crippen LogP contribution in [-0.2, 0) is 11.2 Å². The van der Waals surface area contributed by atoms with Crippen molar-refractivity contribution in [3.05, 3.63) is 35.4 Å². The number of ether oxygens (including phenoxy) is 1. The van der Waals surface area contributed by atoms with Crippen molar-refractivity contribution < 1.29 is 4.74 Å². The molecule has 1 saturated heterocycles. The molecule has 0 radical (unpaired) electrons. The third-order valence-electron chi connectivity index (χ3n) is 4.89. The highest BCUT2D eigenvalue weighted by Gasteiger charge is 2.24. The molecule has 1 aromatic carbocycles. The summed E-state index contributed by atoms with van der Waals surface area (Å²) >= 11 is 0. The fraction of sp³-hybridized carbons (Fsp3) is 0.684. The predicted molar refractivity (Wildman–Crippen MR) is 87.6 cm³/mol. The fourth-order valence-electron chi connectivity index (χ4n) is 3.49. The van der Waals surface area contributed by atoms with Crippen molar-refractivity contribution >= 4 is 0 Å². The zero-order valence-electron chi connectivity index (χ0n) is 13.3. The van der Waals surface area contributed by atoms with Gasteiger partial charge in [-0.15, -0.1) is 0 Å². The maximum absolute atomic E-state index is 5.51. The van der Waals surface area contributed by atoms with Gasteiger partial charge in [0, 0.05) is 19.3 Å². The Morgan fingerprint density at radius 1 is 1.19 bits per heavy atom. The second-order valence-electron chi connectivity index (χ2n) is 7.03. The van der Waals surface area contributed by atoms with Crippen LogP contribution in [-0.4, -0.2) is 25.8 Å². The molecular weight excluding hydrogens is 258 g/mol. The summed E-state index contributed by atoms with van der Waals surface area (Å²) in [6, 6.07) is 9.86. The summed E-state index contributed by atoms with van der Waals surface area (Å²) in [5.74, 6) is 1.64. The van der Waals surface area contributed by atoms with Crippen LogP contribution in [0.3, 0.4) is 0 Å². The summed E-state index contributed by atoms with van der Waals surface area (Å²) in [6.45, 7) is 5.32. The Hall–Kier alpha value is -0.860. The highest BCUT2D eigenvalue weighted by atomic mass is 16.5. The second-order valence-corrected chi connectivity index (χ2v) is 7.03. The normalized spacial score (nSPS) is 21.4. The number of benzene rings is 1. The number of rotatable bonds is 7. The first kappa shape index (κ1) is 15.1. The molecule has 1 unspecified atom stereocenters. The topological polar surface area (TPSA) is 21.3 Å². The Balaban J connectivity index is 1.56. The standard InChI is InChI=1S/C19H29NO/c1-15-3-2-4-17(11-15)13-18(14-20-19-5-6-19)12-16-7-9-21-10-8-16/h2-4,11,16,18-20H,5-10,12-14H2,1H3. The van der Waals surface area contributed by atoms with Gasteiger partial charge in [0.1, 0.15) is 0 Å². The molecule has 0 bridgehead atoms. The maximum Gasteiger partial charge on any atom is 0.0468 e. The molecule has 0 spiro atoms. The van der Waals surface area contributed by atoms with Crippen molar-refractivity contribution in [3.8, 4) is 0 Å². The quantitative estimate of drug-likeness (QED) is 0.825. The first-order valence-corrected chi connectivity index (χ1v) is 8.66. The average molecular weight is 287 g/mol. The minimum atomic E-state index is 0.774. The highest BCUT2D eigenvalue weighted by molar-refractivity contribution is 5.22. The van der Waals surface area contributed by atoms with E-state index in [1.165, 1.54) is 56.2 Å². The summed E-state index contributed by atoms with van der Waals surface area (Å²) in [5.41, 5.74) is 2.89. The van der Waals surface area contributed by atoms with Crippen molar-refractivity contribution in [2.45, 2.75) is 51.5 Å². The van der Waals surface area contributed by atoms with Crippen LogP contribution in [0.25, 0.3) is 0 Å². The van der Waals surface area contributed by atoms with E-state index in [0.29, 0.717) is 0 Å². The lowest BCUT2D eigenvalue weighted by atomic mass is 9.85.